The van der Waals surface area contributed by atoms with E-state index >= 15 is 0 Å². The van der Waals surface area contributed by atoms with Crippen molar-refractivity contribution in [3.63, 3.8) is 0 Å². The highest BCUT2D eigenvalue weighted by molar-refractivity contribution is 5.95. The Morgan fingerprint density at radius 3 is 3.00 bits per heavy atom. The second kappa shape index (κ2) is 6.20. The number of hydrogen-bond acceptors (Lipinski definition) is 4. The Hall–Kier alpha value is -2.89. The highest BCUT2D eigenvalue weighted by atomic mass is 16.5. The third-order valence-corrected chi connectivity index (χ3v) is 4.49. The van der Waals surface area contributed by atoms with Crippen molar-refractivity contribution in [1.82, 2.24) is 14.8 Å². The Labute approximate surface area is 146 Å². The lowest BCUT2D eigenvalue weighted by atomic mass is 10.1. The molecule has 2 aromatic heterocycles. The van der Waals surface area contributed by atoms with E-state index in [4.69, 9.17) is 4.74 Å². The molecule has 4 rings (SSSR count). The molecule has 1 unspecified atom stereocenters. The van der Waals surface area contributed by atoms with Crippen LogP contribution in [0.4, 0.5) is 5.69 Å². The second-order valence-electron chi connectivity index (χ2n) is 6.35. The maximum Gasteiger partial charge on any atom is 0.249 e. The number of rotatable bonds is 3. The molecule has 1 aromatic carbocycles. The zero-order valence-electron chi connectivity index (χ0n) is 14.3. The van der Waals surface area contributed by atoms with Crippen molar-refractivity contribution in [3.8, 4) is 5.75 Å². The van der Waals surface area contributed by atoms with Gasteiger partial charge in [-0.25, -0.2) is 9.67 Å². The maximum atomic E-state index is 13.0. The predicted octanol–water partition coefficient (Wildman–Crippen LogP) is 2.94. The van der Waals surface area contributed by atoms with Crippen molar-refractivity contribution in [2.24, 2.45) is 0 Å². The van der Waals surface area contributed by atoms with E-state index in [-0.39, 0.29) is 18.6 Å². The molecule has 128 valence electrons. The molecule has 1 aliphatic heterocycles. The molecule has 1 aliphatic rings. The molecule has 25 heavy (non-hydrogen) atoms. The molecule has 1 atom stereocenters. The molecule has 0 spiro atoms. The van der Waals surface area contributed by atoms with Crippen LogP contribution in [0, 0.1) is 6.92 Å². The number of ether oxygens (including phenoxy) is 1. The van der Waals surface area contributed by atoms with E-state index < -0.39 is 0 Å². The van der Waals surface area contributed by atoms with E-state index in [1.807, 2.05) is 37.3 Å². The first-order valence-electron chi connectivity index (χ1n) is 8.50. The predicted molar refractivity (Wildman–Crippen MR) is 95.8 cm³/mol. The van der Waals surface area contributed by atoms with Crippen molar-refractivity contribution >= 4 is 22.6 Å². The zero-order chi connectivity index (χ0) is 17.4. The topological polar surface area (TPSA) is 60.2 Å². The fourth-order valence-electron chi connectivity index (χ4n) is 3.16. The van der Waals surface area contributed by atoms with E-state index in [9.17, 15) is 4.79 Å². The van der Waals surface area contributed by atoms with Crippen molar-refractivity contribution < 1.29 is 9.53 Å². The maximum absolute atomic E-state index is 13.0. The van der Waals surface area contributed by atoms with Crippen molar-refractivity contribution in [1.29, 1.82) is 0 Å². The Kier molecular flexibility index (Phi) is 3.87. The van der Waals surface area contributed by atoms with Gasteiger partial charge in [0.05, 0.1) is 18.4 Å². The van der Waals surface area contributed by atoms with Crippen LogP contribution in [-0.4, -0.2) is 33.3 Å². The number of anilines is 1. The lowest BCUT2D eigenvalue weighted by Crippen LogP contribution is -2.44. The van der Waals surface area contributed by atoms with Gasteiger partial charge in [0, 0.05) is 11.6 Å². The molecule has 0 aliphatic carbocycles. The fourth-order valence-corrected chi connectivity index (χ4v) is 3.16. The van der Waals surface area contributed by atoms with Gasteiger partial charge in [-0.1, -0.05) is 19.1 Å². The first-order valence-corrected chi connectivity index (χ1v) is 8.50. The van der Waals surface area contributed by atoms with Crippen molar-refractivity contribution in [3.05, 3.63) is 48.3 Å². The van der Waals surface area contributed by atoms with Gasteiger partial charge < -0.3 is 9.64 Å². The van der Waals surface area contributed by atoms with Crippen molar-refractivity contribution in [2.45, 2.75) is 32.9 Å². The minimum absolute atomic E-state index is 0.00832. The Balaban J connectivity index is 1.64. The SMILES string of the molecule is CCC1CN(C(=O)Cn2ncc3cc(C)cnc32)c2ccccc2O1. The third-order valence-electron chi connectivity index (χ3n) is 4.49. The minimum atomic E-state index is -0.0124. The monoisotopic (exact) mass is 336 g/mol. The second-order valence-corrected chi connectivity index (χ2v) is 6.35. The van der Waals surface area contributed by atoms with Gasteiger partial charge in [0.15, 0.2) is 5.65 Å². The number of pyridine rings is 1. The van der Waals surface area contributed by atoms with Crippen LogP contribution in [-0.2, 0) is 11.3 Å². The lowest BCUT2D eigenvalue weighted by molar-refractivity contribution is -0.119. The van der Waals surface area contributed by atoms with E-state index in [0.717, 1.165) is 34.5 Å². The summed E-state index contributed by atoms with van der Waals surface area (Å²) < 4.78 is 7.61. The van der Waals surface area contributed by atoms with Crippen LogP contribution in [0.25, 0.3) is 11.0 Å². The Morgan fingerprint density at radius 1 is 1.32 bits per heavy atom. The van der Waals surface area contributed by atoms with Gasteiger partial charge in [0.25, 0.3) is 0 Å². The molecule has 3 heterocycles. The molecular weight excluding hydrogens is 316 g/mol. The average molecular weight is 336 g/mol. The molecule has 0 bridgehead atoms. The molecule has 0 saturated heterocycles. The standard InChI is InChI=1S/C19H20N4O2/c1-3-15-11-22(16-6-4-5-7-17(16)25-15)18(24)12-23-19-14(10-21-23)8-13(2)9-20-19/h4-10,15H,3,11-12H2,1-2H3. The summed E-state index contributed by atoms with van der Waals surface area (Å²) in [6.07, 6.45) is 4.41. The molecular formula is C19H20N4O2. The van der Waals surface area contributed by atoms with Crippen LogP contribution in [0.5, 0.6) is 5.75 Å². The molecule has 6 nitrogen and oxygen atoms in total. The van der Waals surface area contributed by atoms with Crippen molar-refractivity contribution in [2.75, 3.05) is 11.4 Å². The number of fused-ring (bicyclic) bond motifs is 2. The largest absolute Gasteiger partial charge is 0.486 e. The van der Waals surface area contributed by atoms with E-state index in [1.54, 1.807) is 22.0 Å². The summed E-state index contributed by atoms with van der Waals surface area (Å²) in [6.45, 7) is 4.77. The molecule has 0 radical (unpaired) electrons. The van der Waals surface area contributed by atoms with E-state index in [1.165, 1.54) is 0 Å². The molecule has 0 saturated carbocycles. The van der Waals surface area contributed by atoms with Crippen LogP contribution >= 0.6 is 0 Å². The molecule has 0 fully saturated rings. The minimum Gasteiger partial charge on any atom is -0.486 e. The van der Waals surface area contributed by atoms with Crippen LogP contribution in [0.2, 0.25) is 0 Å². The number of carbonyl (C=O) groups is 1. The molecule has 6 heteroatoms. The highest BCUT2D eigenvalue weighted by Crippen LogP contribution is 2.34. The molecule has 3 aromatic rings. The van der Waals surface area contributed by atoms with Gasteiger partial charge in [0.1, 0.15) is 18.4 Å². The zero-order valence-corrected chi connectivity index (χ0v) is 14.3. The number of nitrogens with zero attached hydrogens (tertiary/aromatic N) is 4. The normalized spacial score (nSPS) is 16.6. The Bertz CT molecular complexity index is 934. The smallest absolute Gasteiger partial charge is 0.249 e. The van der Waals surface area contributed by atoms with Gasteiger partial charge in [-0.3, -0.25) is 4.79 Å². The van der Waals surface area contributed by atoms with E-state index in [0.29, 0.717) is 6.54 Å². The number of carbonyl (C=O) groups excluding carboxylic acids is 1. The van der Waals surface area contributed by atoms with Gasteiger partial charge in [-0.15, -0.1) is 0 Å². The highest BCUT2D eigenvalue weighted by Gasteiger charge is 2.29. The first kappa shape index (κ1) is 15.6. The third kappa shape index (κ3) is 2.84. The van der Waals surface area contributed by atoms with Crippen LogP contribution in [0.1, 0.15) is 18.9 Å². The summed E-state index contributed by atoms with van der Waals surface area (Å²) in [5.41, 5.74) is 2.62. The van der Waals surface area contributed by atoms with Gasteiger partial charge in [-0.2, -0.15) is 5.10 Å². The number of aryl methyl sites for hydroxylation is 1. The van der Waals surface area contributed by atoms with Gasteiger partial charge in [0.2, 0.25) is 5.91 Å². The Morgan fingerprint density at radius 2 is 2.16 bits per heavy atom. The number of amides is 1. The summed E-state index contributed by atoms with van der Waals surface area (Å²) in [6, 6.07) is 9.69. The van der Waals surface area contributed by atoms with Gasteiger partial charge in [-0.05, 0) is 37.1 Å². The summed E-state index contributed by atoms with van der Waals surface area (Å²) >= 11 is 0. The first-order chi connectivity index (χ1) is 12.2. The quantitative estimate of drug-likeness (QED) is 0.738. The number of hydrogen-bond donors (Lipinski definition) is 0. The van der Waals surface area contributed by atoms with Gasteiger partial charge >= 0.3 is 0 Å². The average Bonchev–Trinajstić information content (AvgIpc) is 3.02. The van der Waals surface area contributed by atoms with Crippen LogP contribution < -0.4 is 9.64 Å². The fraction of sp³-hybridized carbons (Fsp3) is 0.316. The van der Waals surface area contributed by atoms with Crippen LogP contribution in [0.3, 0.4) is 0 Å². The number of para-hydroxylation sites is 2. The summed E-state index contributed by atoms with van der Waals surface area (Å²) in [7, 11) is 0. The summed E-state index contributed by atoms with van der Waals surface area (Å²) in [5.74, 6) is 0.745. The van der Waals surface area contributed by atoms with E-state index in [2.05, 4.69) is 17.0 Å². The molecule has 0 N–H and O–H groups in total. The summed E-state index contributed by atoms with van der Waals surface area (Å²) in [4.78, 5) is 19.2. The lowest BCUT2D eigenvalue weighted by Gasteiger charge is -2.34. The number of aromatic nitrogens is 3. The summed E-state index contributed by atoms with van der Waals surface area (Å²) in [5, 5.41) is 5.29. The number of benzene rings is 1. The van der Waals surface area contributed by atoms with Crippen LogP contribution in [0.15, 0.2) is 42.7 Å². The molecule has 1 amide bonds.